The van der Waals surface area contributed by atoms with Crippen LogP contribution in [0.2, 0.25) is 0 Å². The maximum absolute atomic E-state index is 12.8. The Morgan fingerprint density at radius 3 is 2.52 bits per heavy atom. The molecule has 0 heterocycles. The van der Waals surface area contributed by atoms with Crippen molar-refractivity contribution in [1.82, 2.24) is 5.43 Å². The third-order valence-corrected chi connectivity index (χ3v) is 4.39. The predicted octanol–water partition coefficient (Wildman–Crippen LogP) is 2.05. The van der Waals surface area contributed by atoms with Crippen LogP contribution in [0.4, 0.5) is 10.1 Å². The average Bonchev–Trinajstić information content (AvgIpc) is 2.53. The van der Waals surface area contributed by atoms with E-state index in [4.69, 9.17) is 0 Å². The molecule has 0 radical (unpaired) electrons. The first-order chi connectivity index (χ1) is 11.8. The van der Waals surface area contributed by atoms with Crippen LogP contribution in [0.5, 0.6) is 0 Å². The topological polar surface area (TPSA) is 78.8 Å². The van der Waals surface area contributed by atoms with Crippen molar-refractivity contribution in [3.8, 4) is 0 Å². The first-order valence-electron chi connectivity index (χ1n) is 7.37. The van der Waals surface area contributed by atoms with Crippen molar-refractivity contribution >= 4 is 27.8 Å². The number of sulfonamides is 1. The normalized spacial score (nSPS) is 11.5. The van der Waals surface area contributed by atoms with Gasteiger partial charge >= 0.3 is 0 Å². The van der Waals surface area contributed by atoms with Crippen molar-refractivity contribution in [1.29, 1.82) is 0 Å². The van der Waals surface area contributed by atoms with Crippen LogP contribution in [0, 0.1) is 12.7 Å². The largest absolute Gasteiger partial charge is 0.271 e. The van der Waals surface area contributed by atoms with Gasteiger partial charge in [0.25, 0.3) is 5.91 Å². The van der Waals surface area contributed by atoms with E-state index in [9.17, 15) is 17.6 Å². The Morgan fingerprint density at radius 2 is 1.92 bits per heavy atom. The minimum Gasteiger partial charge on any atom is -0.271 e. The van der Waals surface area contributed by atoms with Crippen LogP contribution < -0.4 is 9.73 Å². The summed E-state index contributed by atoms with van der Waals surface area (Å²) < 4.78 is 37.8. The number of nitrogens with zero attached hydrogens (tertiary/aromatic N) is 2. The number of rotatable bonds is 6. The molecule has 0 spiro atoms. The second-order valence-electron chi connectivity index (χ2n) is 5.45. The fraction of sp³-hybridized carbons (Fsp3) is 0.176. The molecule has 132 valence electrons. The first kappa shape index (κ1) is 18.6. The molecule has 25 heavy (non-hydrogen) atoms. The lowest BCUT2D eigenvalue weighted by atomic mass is 10.2. The number of nitrogens with one attached hydrogen (secondary N) is 1. The Labute approximate surface area is 146 Å². The van der Waals surface area contributed by atoms with E-state index in [1.807, 2.05) is 13.0 Å². The predicted molar refractivity (Wildman–Crippen MR) is 95.5 cm³/mol. The van der Waals surface area contributed by atoms with E-state index >= 15 is 0 Å². The third-order valence-electron chi connectivity index (χ3n) is 3.25. The van der Waals surface area contributed by atoms with Crippen molar-refractivity contribution in [3.63, 3.8) is 0 Å². The lowest BCUT2D eigenvalue weighted by Gasteiger charge is -2.21. The maximum Gasteiger partial charge on any atom is 0.260 e. The summed E-state index contributed by atoms with van der Waals surface area (Å²) in [5.74, 6) is -0.964. The van der Waals surface area contributed by atoms with Crippen molar-refractivity contribution in [2.24, 2.45) is 5.10 Å². The highest BCUT2D eigenvalue weighted by Gasteiger charge is 2.20. The van der Waals surface area contributed by atoms with Gasteiger partial charge in [0, 0.05) is 0 Å². The van der Waals surface area contributed by atoms with Gasteiger partial charge in [0.05, 0.1) is 18.2 Å². The average molecular weight is 363 g/mol. The highest BCUT2D eigenvalue weighted by atomic mass is 32.2. The summed E-state index contributed by atoms with van der Waals surface area (Å²) in [5.41, 5.74) is 4.14. The monoisotopic (exact) mass is 363 g/mol. The molecule has 0 aliphatic heterocycles. The Hall–Kier alpha value is -2.74. The Balaban J connectivity index is 2.06. The molecular weight excluding hydrogens is 345 g/mol. The minimum atomic E-state index is -3.63. The van der Waals surface area contributed by atoms with Crippen LogP contribution in [-0.2, 0) is 14.8 Å². The Kier molecular flexibility index (Phi) is 5.87. The van der Waals surface area contributed by atoms with Crippen molar-refractivity contribution in [2.45, 2.75) is 6.92 Å². The lowest BCUT2D eigenvalue weighted by Crippen LogP contribution is -2.39. The number of halogens is 1. The fourth-order valence-electron chi connectivity index (χ4n) is 2.08. The van der Waals surface area contributed by atoms with E-state index in [2.05, 4.69) is 10.5 Å². The van der Waals surface area contributed by atoms with E-state index in [1.54, 1.807) is 18.2 Å². The van der Waals surface area contributed by atoms with Gasteiger partial charge < -0.3 is 0 Å². The molecule has 8 heteroatoms. The molecule has 0 bridgehead atoms. The second kappa shape index (κ2) is 7.89. The summed E-state index contributed by atoms with van der Waals surface area (Å²) in [6.45, 7) is 1.43. The maximum atomic E-state index is 12.8. The summed E-state index contributed by atoms with van der Waals surface area (Å²) in [6.07, 6.45) is 2.37. The summed E-state index contributed by atoms with van der Waals surface area (Å²) in [4.78, 5) is 12.0. The van der Waals surface area contributed by atoms with Crippen LogP contribution in [0.3, 0.4) is 0 Å². The molecular formula is C17H18FN3O3S. The molecule has 0 aromatic heterocycles. The highest BCUT2D eigenvalue weighted by Crippen LogP contribution is 2.18. The number of carbonyl (C=O) groups excluding carboxylic acids is 1. The molecule has 1 amide bonds. The van der Waals surface area contributed by atoms with E-state index < -0.39 is 22.5 Å². The Bertz CT molecular complexity index is 880. The molecule has 0 saturated heterocycles. The van der Waals surface area contributed by atoms with Crippen LogP contribution in [0.25, 0.3) is 0 Å². The van der Waals surface area contributed by atoms with E-state index in [0.717, 1.165) is 16.1 Å². The second-order valence-corrected chi connectivity index (χ2v) is 7.36. The first-order valence-corrected chi connectivity index (χ1v) is 9.22. The van der Waals surface area contributed by atoms with Crippen molar-refractivity contribution in [3.05, 3.63) is 65.5 Å². The van der Waals surface area contributed by atoms with Gasteiger partial charge in [-0.05, 0) is 42.3 Å². The summed E-state index contributed by atoms with van der Waals surface area (Å²) in [7, 11) is -3.63. The molecule has 0 aliphatic rings. The minimum absolute atomic E-state index is 0.372. The van der Waals surface area contributed by atoms with Gasteiger partial charge in [0.1, 0.15) is 12.4 Å². The third kappa shape index (κ3) is 5.68. The smallest absolute Gasteiger partial charge is 0.260 e. The van der Waals surface area contributed by atoms with Crippen LogP contribution in [0.15, 0.2) is 53.6 Å². The summed E-state index contributed by atoms with van der Waals surface area (Å²) in [6, 6.07) is 12.4. The number of hydrogen-bond acceptors (Lipinski definition) is 4. The molecule has 0 unspecified atom stereocenters. The van der Waals surface area contributed by atoms with Gasteiger partial charge in [-0.2, -0.15) is 5.10 Å². The van der Waals surface area contributed by atoms with Crippen molar-refractivity contribution < 1.29 is 17.6 Å². The zero-order valence-electron chi connectivity index (χ0n) is 13.8. The molecule has 0 aliphatic carbocycles. The van der Waals surface area contributed by atoms with Gasteiger partial charge in [0.2, 0.25) is 10.0 Å². The fourth-order valence-corrected chi connectivity index (χ4v) is 2.92. The summed E-state index contributed by atoms with van der Waals surface area (Å²) in [5, 5.41) is 3.75. The van der Waals surface area contributed by atoms with E-state index in [-0.39, 0.29) is 5.82 Å². The number of amides is 1. The molecule has 2 aromatic rings. The molecule has 2 rings (SSSR count). The van der Waals surface area contributed by atoms with Crippen LogP contribution in [-0.4, -0.2) is 33.3 Å². The van der Waals surface area contributed by atoms with Gasteiger partial charge in [-0.15, -0.1) is 0 Å². The molecule has 0 fully saturated rings. The summed E-state index contributed by atoms with van der Waals surface area (Å²) >= 11 is 0. The standard InChI is InChI=1S/C17H18FN3O3S/c1-13-4-3-5-16(10-13)21(25(2,23)24)12-17(22)20-19-11-14-6-8-15(18)9-7-14/h3-11H,12H2,1-2H3,(H,20,22)/b19-11-. The number of anilines is 1. The van der Waals surface area contributed by atoms with E-state index in [1.165, 1.54) is 30.5 Å². The van der Waals surface area contributed by atoms with Gasteiger partial charge in [-0.1, -0.05) is 24.3 Å². The number of aryl methyl sites for hydroxylation is 1. The number of hydrazone groups is 1. The van der Waals surface area contributed by atoms with Crippen LogP contribution in [0.1, 0.15) is 11.1 Å². The quantitative estimate of drug-likeness (QED) is 0.630. The Morgan fingerprint density at radius 1 is 1.24 bits per heavy atom. The van der Waals surface area contributed by atoms with Gasteiger partial charge in [-0.3, -0.25) is 9.10 Å². The number of hydrogen-bond donors (Lipinski definition) is 1. The number of carbonyl (C=O) groups is 1. The molecule has 6 nitrogen and oxygen atoms in total. The molecule has 2 aromatic carbocycles. The van der Waals surface area contributed by atoms with Gasteiger partial charge in [-0.25, -0.2) is 18.2 Å². The zero-order valence-corrected chi connectivity index (χ0v) is 14.6. The van der Waals surface area contributed by atoms with E-state index in [0.29, 0.717) is 11.3 Å². The van der Waals surface area contributed by atoms with Crippen LogP contribution >= 0.6 is 0 Å². The van der Waals surface area contributed by atoms with Crippen molar-refractivity contribution in [2.75, 3.05) is 17.1 Å². The van der Waals surface area contributed by atoms with Gasteiger partial charge in [0.15, 0.2) is 0 Å². The SMILES string of the molecule is Cc1cccc(N(CC(=O)N/N=C\c2ccc(F)cc2)S(C)(=O)=O)c1. The highest BCUT2D eigenvalue weighted by molar-refractivity contribution is 7.92. The lowest BCUT2D eigenvalue weighted by molar-refractivity contribution is -0.119. The molecule has 0 atom stereocenters. The molecule has 1 N–H and O–H groups in total. The molecule has 0 saturated carbocycles. The number of benzene rings is 2. The zero-order chi connectivity index (χ0) is 18.4.